The number of nitro benzene ring substituents is 1. The van der Waals surface area contributed by atoms with Crippen LogP contribution >= 0.6 is 0 Å². The minimum atomic E-state index is -0.410. The maximum Gasteiger partial charge on any atom is 0.269 e. The van der Waals surface area contributed by atoms with Gasteiger partial charge in [0, 0.05) is 36.2 Å². The van der Waals surface area contributed by atoms with E-state index in [-0.39, 0.29) is 17.9 Å². The van der Waals surface area contributed by atoms with Crippen LogP contribution in [0, 0.1) is 10.1 Å². The van der Waals surface area contributed by atoms with Gasteiger partial charge in [0.05, 0.1) is 22.6 Å². The fourth-order valence-electron chi connectivity index (χ4n) is 3.51. The molecule has 1 aromatic heterocycles. The maximum absolute atomic E-state index is 10.9. The van der Waals surface area contributed by atoms with Gasteiger partial charge in [0.25, 0.3) is 5.69 Å². The number of ether oxygens (including phenoxy) is 1. The van der Waals surface area contributed by atoms with Gasteiger partial charge in [-0.25, -0.2) is 9.97 Å². The van der Waals surface area contributed by atoms with Crippen LogP contribution in [0.5, 0.6) is 0 Å². The summed E-state index contributed by atoms with van der Waals surface area (Å²) in [7, 11) is 0. The Morgan fingerprint density at radius 3 is 2.37 bits per heavy atom. The van der Waals surface area contributed by atoms with E-state index in [0.29, 0.717) is 5.82 Å². The molecule has 0 spiro atoms. The summed E-state index contributed by atoms with van der Waals surface area (Å²) in [4.78, 5) is 22.2. The Balaban J connectivity index is 1.82. The quantitative estimate of drug-likeness (QED) is 0.519. The van der Waals surface area contributed by atoms with Crippen molar-refractivity contribution in [1.29, 1.82) is 0 Å². The number of rotatable bonds is 3. The van der Waals surface area contributed by atoms with Crippen LogP contribution in [0.2, 0.25) is 0 Å². The SMILES string of the molecule is C[C@@H]1CN(c2nc(-c3ccc([N+](=O)[O-])cc3)nc3ccccc23)C[C@H](C)O1. The van der Waals surface area contributed by atoms with Gasteiger partial charge in [0.15, 0.2) is 5.82 Å². The fourth-order valence-corrected chi connectivity index (χ4v) is 3.51. The zero-order chi connectivity index (χ0) is 19.0. The topological polar surface area (TPSA) is 81.4 Å². The van der Waals surface area contributed by atoms with Crippen molar-refractivity contribution in [3.63, 3.8) is 0 Å². The third kappa shape index (κ3) is 3.46. The minimum Gasteiger partial charge on any atom is -0.372 e. The summed E-state index contributed by atoms with van der Waals surface area (Å²) in [5, 5.41) is 11.9. The first kappa shape index (κ1) is 17.4. The molecule has 2 heterocycles. The first-order valence-corrected chi connectivity index (χ1v) is 8.93. The molecule has 0 saturated carbocycles. The van der Waals surface area contributed by atoms with E-state index in [0.717, 1.165) is 35.4 Å². The molecule has 2 atom stereocenters. The van der Waals surface area contributed by atoms with Crippen molar-refractivity contribution in [2.45, 2.75) is 26.1 Å². The van der Waals surface area contributed by atoms with E-state index >= 15 is 0 Å². The number of nitrogens with zero attached hydrogens (tertiary/aromatic N) is 4. The molecule has 4 rings (SSSR count). The lowest BCUT2D eigenvalue weighted by atomic mass is 10.1. The molecule has 138 valence electrons. The molecular formula is C20H20N4O3. The number of fused-ring (bicyclic) bond motifs is 1. The summed E-state index contributed by atoms with van der Waals surface area (Å²) in [6, 6.07) is 14.3. The fraction of sp³-hybridized carbons (Fsp3) is 0.300. The molecule has 1 aliphatic rings. The van der Waals surface area contributed by atoms with Crippen LogP contribution in [-0.4, -0.2) is 40.2 Å². The molecule has 0 bridgehead atoms. The Bertz CT molecular complexity index is 980. The smallest absolute Gasteiger partial charge is 0.269 e. The van der Waals surface area contributed by atoms with E-state index in [1.165, 1.54) is 12.1 Å². The van der Waals surface area contributed by atoms with Crippen LogP contribution in [-0.2, 0) is 4.74 Å². The highest BCUT2D eigenvalue weighted by Crippen LogP contribution is 2.30. The number of aromatic nitrogens is 2. The van der Waals surface area contributed by atoms with Crippen molar-refractivity contribution in [1.82, 2.24) is 9.97 Å². The second-order valence-corrected chi connectivity index (χ2v) is 6.85. The molecule has 1 saturated heterocycles. The van der Waals surface area contributed by atoms with Gasteiger partial charge >= 0.3 is 0 Å². The molecule has 0 N–H and O–H groups in total. The van der Waals surface area contributed by atoms with Gasteiger partial charge < -0.3 is 9.64 Å². The predicted molar refractivity (Wildman–Crippen MR) is 104 cm³/mol. The van der Waals surface area contributed by atoms with Crippen LogP contribution in [0.3, 0.4) is 0 Å². The molecular weight excluding hydrogens is 344 g/mol. The maximum atomic E-state index is 10.9. The van der Waals surface area contributed by atoms with Gasteiger partial charge in [-0.2, -0.15) is 0 Å². The molecule has 7 heteroatoms. The van der Waals surface area contributed by atoms with Gasteiger partial charge in [0.2, 0.25) is 0 Å². The van der Waals surface area contributed by atoms with E-state index in [4.69, 9.17) is 9.72 Å². The van der Waals surface area contributed by atoms with Crippen LogP contribution in [0.25, 0.3) is 22.3 Å². The lowest BCUT2D eigenvalue weighted by Crippen LogP contribution is -2.46. The third-order valence-corrected chi connectivity index (χ3v) is 4.64. The van der Waals surface area contributed by atoms with Gasteiger partial charge in [-0.3, -0.25) is 10.1 Å². The van der Waals surface area contributed by atoms with E-state index in [9.17, 15) is 10.1 Å². The number of morpholine rings is 1. The Hall–Kier alpha value is -3.06. The molecule has 27 heavy (non-hydrogen) atoms. The normalized spacial score (nSPS) is 20.0. The highest BCUT2D eigenvalue weighted by atomic mass is 16.6. The summed E-state index contributed by atoms with van der Waals surface area (Å²) < 4.78 is 5.85. The predicted octanol–water partition coefficient (Wildman–Crippen LogP) is 3.82. The van der Waals surface area contributed by atoms with E-state index < -0.39 is 4.92 Å². The molecule has 0 aliphatic carbocycles. The van der Waals surface area contributed by atoms with Crippen molar-refractivity contribution in [3.05, 3.63) is 58.6 Å². The number of nitro groups is 1. The number of para-hydroxylation sites is 1. The second kappa shape index (κ2) is 6.92. The molecule has 0 radical (unpaired) electrons. The number of non-ortho nitro benzene ring substituents is 1. The Labute approximate surface area is 156 Å². The first-order chi connectivity index (χ1) is 13.0. The van der Waals surface area contributed by atoms with Crippen LogP contribution in [0.4, 0.5) is 11.5 Å². The van der Waals surface area contributed by atoms with E-state index in [2.05, 4.69) is 23.7 Å². The lowest BCUT2D eigenvalue weighted by molar-refractivity contribution is -0.384. The largest absolute Gasteiger partial charge is 0.372 e. The Morgan fingerprint density at radius 2 is 1.70 bits per heavy atom. The average molecular weight is 364 g/mol. The van der Waals surface area contributed by atoms with Crippen LogP contribution < -0.4 is 4.90 Å². The van der Waals surface area contributed by atoms with Crippen molar-refractivity contribution in [2.75, 3.05) is 18.0 Å². The van der Waals surface area contributed by atoms with Gasteiger partial charge in [-0.1, -0.05) is 12.1 Å². The zero-order valence-electron chi connectivity index (χ0n) is 15.2. The number of hydrogen-bond acceptors (Lipinski definition) is 6. The minimum absolute atomic E-state index is 0.0515. The molecule has 2 aromatic carbocycles. The molecule has 1 fully saturated rings. The summed E-state index contributed by atoms with van der Waals surface area (Å²) in [5.74, 6) is 1.43. The number of hydrogen-bond donors (Lipinski definition) is 0. The highest BCUT2D eigenvalue weighted by Gasteiger charge is 2.25. The monoisotopic (exact) mass is 364 g/mol. The first-order valence-electron chi connectivity index (χ1n) is 8.93. The van der Waals surface area contributed by atoms with Gasteiger partial charge in [0.1, 0.15) is 5.82 Å². The van der Waals surface area contributed by atoms with Crippen molar-refractivity contribution < 1.29 is 9.66 Å². The zero-order valence-corrected chi connectivity index (χ0v) is 15.2. The highest BCUT2D eigenvalue weighted by molar-refractivity contribution is 5.91. The number of benzene rings is 2. The van der Waals surface area contributed by atoms with Crippen molar-refractivity contribution in [3.8, 4) is 11.4 Å². The summed E-state index contributed by atoms with van der Waals surface area (Å²) in [5.41, 5.74) is 1.65. The Morgan fingerprint density at radius 1 is 1.04 bits per heavy atom. The van der Waals surface area contributed by atoms with E-state index in [1.807, 2.05) is 24.3 Å². The number of anilines is 1. The lowest BCUT2D eigenvalue weighted by Gasteiger charge is -2.36. The molecule has 0 unspecified atom stereocenters. The summed E-state index contributed by atoms with van der Waals surface area (Å²) in [6.45, 7) is 5.63. The van der Waals surface area contributed by atoms with Crippen LogP contribution in [0.1, 0.15) is 13.8 Å². The van der Waals surface area contributed by atoms with Gasteiger partial charge in [-0.05, 0) is 38.1 Å². The summed E-state index contributed by atoms with van der Waals surface area (Å²) in [6.07, 6.45) is 0.232. The second-order valence-electron chi connectivity index (χ2n) is 6.85. The Kier molecular flexibility index (Phi) is 4.45. The molecule has 1 aliphatic heterocycles. The molecule has 7 nitrogen and oxygen atoms in total. The van der Waals surface area contributed by atoms with Crippen LogP contribution in [0.15, 0.2) is 48.5 Å². The average Bonchev–Trinajstić information content (AvgIpc) is 2.66. The van der Waals surface area contributed by atoms with Crippen molar-refractivity contribution in [2.24, 2.45) is 0 Å². The summed E-state index contributed by atoms with van der Waals surface area (Å²) >= 11 is 0. The molecule has 0 amide bonds. The standard InChI is InChI=1S/C20H20N4O3/c1-13-11-23(12-14(2)27-13)20-17-5-3-4-6-18(17)21-19(22-20)15-7-9-16(10-8-15)24(25)26/h3-10,13-14H,11-12H2,1-2H3/t13-,14+. The van der Waals surface area contributed by atoms with E-state index in [1.54, 1.807) is 12.1 Å². The molecule has 3 aromatic rings. The van der Waals surface area contributed by atoms with Gasteiger partial charge in [-0.15, -0.1) is 0 Å². The third-order valence-electron chi connectivity index (χ3n) is 4.64. The van der Waals surface area contributed by atoms with Crippen molar-refractivity contribution >= 4 is 22.4 Å².